The van der Waals surface area contributed by atoms with Crippen molar-refractivity contribution in [2.45, 2.75) is 26.4 Å². The Labute approximate surface area is 210 Å². The summed E-state index contributed by atoms with van der Waals surface area (Å²) in [4.78, 5) is 21.0. The summed E-state index contributed by atoms with van der Waals surface area (Å²) in [6, 6.07) is 17.9. The number of hydrogen-bond acceptors (Lipinski definition) is 6. The van der Waals surface area contributed by atoms with E-state index in [1.165, 1.54) is 0 Å². The number of carbonyl (C=O) groups excluding carboxylic acids is 1. The Bertz CT molecular complexity index is 1420. The smallest absolute Gasteiger partial charge is 0.410 e. The van der Waals surface area contributed by atoms with Crippen LogP contribution in [-0.4, -0.2) is 57.4 Å². The molecule has 182 valence electrons. The third kappa shape index (κ3) is 4.86. The van der Waals surface area contributed by atoms with E-state index >= 15 is 0 Å². The van der Waals surface area contributed by atoms with Crippen LogP contribution < -0.4 is 4.90 Å². The lowest BCUT2D eigenvalue weighted by Crippen LogP contribution is -2.50. The van der Waals surface area contributed by atoms with Crippen molar-refractivity contribution in [3.8, 4) is 28.3 Å². The van der Waals surface area contributed by atoms with Gasteiger partial charge in [-0.3, -0.25) is 0 Å². The average Bonchev–Trinajstić information content (AvgIpc) is 3.31. The Morgan fingerprint density at radius 1 is 0.917 bits per heavy atom. The summed E-state index contributed by atoms with van der Waals surface area (Å²) in [6.07, 6.45) is 5.39. The molecule has 8 nitrogen and oxygen atoms in total. The topological polar surface area (TPSA) is 86.8 Å². The van der Waals surface area contributed by atoms with Crippen molar-refractivity contribution >= 4 is 17.4 Å². The molecule has 5 rings (SSSR count). The highest BCUT2D eigenvalue weighted by molar-refractivity contribution is 5.78. The van der Waals surface area contributed by atoms with Crippen LogP contribution in [0.4, 0.5) is 10.5 Å². The molecule has 0 unspecified atom stereocenters. The number of benzene rings is 2. The molecule has 1 aliphatic rings. The molecule has 4 aromatic rings. The number of ether oxygens (including phenoxy) is 1. The first kappa shape index (κ1) is 23.4. The van der Waals surface area contributed by atoms with Gasteiger partial charge in [-0.2, -0.15) is 10.4 Å². The van der Waals surface area contributed by atoms with Gasteiger partial charge in [0.25, 0.3) is 0 Å². The third-order valence-corrected chi connectivity index (χ3v) is 6.18. The quantitative estimate of drug-likeness (QED) is 0.411. The minimum atomic E-state index is -0.483. The van der Waals surface area contributed by atoms with E-state index in [2.05, 4.69) is 45.3 Å². The fourth-order valence-electron chi connectivity index (χ4n) is 4.29. The van der Waals surface area contributed by atoms with Crippen molar-refractivity contribution in [1.29, 1.82) is 5.26 Å². The van der Waals surface area contributed by atoms with E-state index in [-0.39, 0.29) is 6.09 Å². The largest absolute Gasteiger partial charge is 0.444 e. The van der Waals surface area contributed by atoms with Crippen LogP contribution in [-0.2, 0) is 4.74 Å². The normalized spacial score (nSPS) is 14.1. The van der Waals surface area contributed by atoms with E-state index in [1.807, 2.05) is 45.3 Å². The van der Waals surface area contributed by atoms with Crippen LogP contribution in [0.3, 0.4) is 0 Å². The first-order chi connectivity index (χ1) is 17.3. The Hall–Kier alpha value is -4.38. The molecule has 0 spiro atoms. The van der Waals surface area contributed by atoms with Crippen molar-refractivity contribution in [3.63, 3.8) is 0 Å². The molecule has 1 aliphatic heterocycles. The summed E-state index contributed by atoms with van der Waals surface area (Å²) in [5.74, 6) is 0. The predicted octanol–water partition coefficient (Wildman–Crippen LogP) is 4.99. The molecular formula is C28H28N6O2. The van der Waals surface area contributed by atoms with Crippen LogP contribution in [0.2, 0.25) is 0 Å². The summed E-state index contributed by atoms with van der Waals surface area (Å²) >= 11 is 0. The number of nitriles is 1. The zero-order valence-corrected chi connectivity index (χ0v) is 20.7. The van der Waals surface area contributed by atoms with Gasteiger partial charge >= 0.3 is 6.09 Å². The van der Waals surface area contributed by atoms with E-state index in [1.54, 1.807) is 27.7 Å². The minimum Gasteiger partial charge on any atom is -0.444 e. The van der Waals surface area contributed by atoms with E-state index < -0.39 is 5.60 Å². The summed E-state index contributed by atoms with van der Waals surface area (Å²) in [5.41, 5.74) is 5.95. The van der Waals surface area contributed by atoms with Crippen LogP contribution in [0.5, 0.6) is 0 Å². The van der Waals surface area contributed by atoms with Crippen LogP contribution >= 0.6 is 0 Å². The molecule has 0 bridgehead atoms. The number of rotatable bonds is 3. The number of amides is 1. The van der Waals surface area contributed by atoms with Crippen molar-refractivity contribution < 1.29 is 9.53 Å². The molecule has 1 fully saturated rings. The van der Waals surface area contributed by atoms with Gasteiger partial charge in [0, 0.05) is 55.4 Å². The fourth-order valence-corrected chi connectivity index (χ4v) is 4.29. The molecule has 0 N–H and O–H groups in total. The number of piperazine rings is 1. The van der Waals surface area contributed by atoms with Crippen molar-refractivity contribution in [1.82, 2.24) is 19.5 Å². The van der Waals surface area contributed by atoms with Gasteiger partial charge < -0.3 is 14.5 Å². The van der Waals surface area contributed by atoms with E-state index in [0.717, 1.165) is 46.7 Å². The molecule has 1 amide bonds. The maximum Gasteiger partial charge on any atom is 0.410 e. The molecule has 2 aromatic carbocycles. The monoisotopic (exact) mass is 480 g/mol. The average molecular weight is 481 g/mol. The highest BCUT2D eigenvalue weighted by Gasteiger charge is 2.26. The second-order valence-corrected chi connectivity index (χ2v) is 9.86. The Balaban J connectivity index is 1.27. The van der Waals surface area contributed by atoms with Crippen molar-refractivity contribution in [2.75, 3.05) is 31.1 Å². The molecule has 8 heteroatoms. The molecule has 0 aliphatic carbocycles. The van der Waals surface area contributed by atoms with Crippen LogP contribution in [0, 0.1) is 11.3 Å². The van der Waals surface area contributed by atoms with Gasteiger partial charge in [0.1, 0.15) is 5.60 Å². The molecular weight excluding hydrogens is 452 g/mol. The molecule has 1 saturated heterocycles. The summed E-state index contributed by atoms with van der Waals surface area (Å²) in [5, 5.41) is 13.5. The molecule has 0 saturated carbocycles. The number of nitrogens with zero attached hydrogens (tertiary/aromatic N) is 6. The zero-order valence-electron chi connectivity index (χ0n) is 20.7. The van der Waals surface area contributed by atoms with E-state index in [0.29, 0.717) is 18.7 Å². The van der Waals surface area contributed by atoms with Gasteiger partial charge in [-0.1, -0.05) is 24.3 Å². The Morgan fingerprint density at radius 3 is 2.22 bits per heavy atom. The first-order valence-corrected chi connectivity index (χ1v) is 12.0. The van der Waals surface area contributed by atoms with Crippen molar-refractivity contribution in [3.05, 3.63) is 72.7 Å². The van der Waals surface area contributed by atoms with E-state index in [9.17, 15) is 4.79 Å². The number of carbonyl (C=O) groups is 1. The lowest BCUT2D eigenvalue weighted by atomic mass is 10.1. The molecule has 36 heavy (non-hydrogen) atoms. The SMILES string of the molecule is CC(C)(C)OC(=O)N1CCN(c2ccc(-c3cnc4c(-c5ccc(C#N)cc5)cnn4c3)cc2)CC1. The molecule has 0 radical (unpaired) electrons. The van der Waals surface area contributed by atoms with Gasteiger partial charge in [0.2, 0.25) is 0 Å². The zero-order chi connectivity index (χ0) is 25.3. The van der Waals surface area contributed by atoms with Crippen LogP contribution in [0.25, 0.3) is 27.9 Å². The maximum atomic E-state index is 12.3. The number of hydrogen-bond donors (Lipinski definition) is 0. The molecule has 3 heterocycles. The maximum absolute atomic E-state index is 12.3. The molecule has 0 atom stereocenters. The number of anilines is 1. The standard InChI is InChI=1S/C28H28N6O2/c1-28(2,3)36-27(35)33-14-12-32(13-15-33)24-10-8-21(9-11-24)23-17-30-26-25(18-31-34(26)19-23)22-6-4-20(16-29)5-7-22/h4-11,17-19H,12-15H2,1-3H3. The van der Waals surface area contributed by atoms with Gasteiger partial charge in [-0.15, -0.1) is 0 Å². The highest BCUT2D eigenvalue weighted by atomic mass is 16.6. The number of fused-ring (bicyclic) bond motifs is 1. The lowest BCUT2D eigenvalue weighted by molar-refractivity contribution is 0.0240. The Morgan fingerprint density at radius 2 is 1.58 bits per heavy atom. The second kappa shape index (κ2) is 9.34. The highest BCUT2D eigenvalue weighted by Crippen LogP contribution is 2.27. The van der Waals surface area contributed by atoms with Crippen LogP contribution in [0.15, 0.2) is 67.1 Å². The summed E-state index contributed by atoms with van der Waals surface area (Å²) < 4.78 is 7.28. The summed E-state index contributed by atoms with van der Waals surface area (Å²) in [6.45, 7) is 8.45. The Kier molecular flexibility index (Phi) is 6.06. The number of aromatic nitrogens is 3. The molecule has 2 aromatic heterocycles. The minimum absolute atomic E-state index is 0.249. The van der Waals surface area contributed by atoms with Gasteiger partial charge in [-0.25, -0.2) is 14.3 Å². The fraction of sp³-hybridized carbons (Fsp3) is 0.286. The first-order valence-electron chi connectivity index (χ1n) is 12.0. The van der Waals surface area contributed by atoms with E-state index in [4.69, 9.17) is 10.00 Å². The third-order valence-electron chi connectivity index (χ3n) is 6.18. The predicted molar refractivity (Wildman–Crippen MR) is 139 cm³/mol. The van der Waals surface area contributed by atoms with Crippen molar-refractivity contribution in [2.24, 2.45) is 0 Å². The second-order valence-electron chi connectivity index (χ2n) is 9.86. The summed E-state index contributed by atoms with van der Waals surface area (Å²) in [7, 11) is 0. The van der Waals surface area contributed by atoms with Gasteiger partial charge in [0.05, 0.1) is 17.8 Å². The van der Waals surface area contributed by atoms with Gasteiger partial charge in [-0.05, 0) is 56.2 Å². The van der Waals surface area contributed by atoms with Gasteiger partial charge in [0.15, 0.2) is 5.65 Å². The van der Waals surface area contributed by atoms with Crippen LogP contribution in [0.1, 0.15) is 26.3 Å². The lowest BCUT2D eigenvalue weighted by Gasteiger charge is -2.36.